The molecule has 79 heavy (non-hydrogen) atoms. The Labute approximate surface area is 486 Å². The van der Waals surface area contributed by atoms with E-state index in [1.807, 2.05) is 0 Å². The van der Waals surface area contributed by atoms with Crippen LogP contribution in [0.25, 0.3) is 0 Å². The van der Waals surface area contributed by atoms with Crippen molar-refractivity contribution in [1.29, 1.82) is 0 Å². The first-order chi connectivity index (χ1) is 39.0. The molecule has 1 unspecified atom stereocenters. The summed E-state index contributed by atoms with van der Waals surface area (Å²) in [7, 11) is 0. The average molecular weight is 1090 g/mol. The Morgan fingerprint density at radius 3 is 0.772 bits per heavy atom. The molecule has 0 aromatic carbocycles. The van der Waals surface area contributed by atoms with E-state index in [0.717, 1.165) is 173 Å². The van der Waals surface area contributed by atoms with Gasteiger partial charge in [0.05, 0.1) is 0 Å². The monoisotopic (exact) mass is 1090 g/mol. The van der Waals surface area contributed by atoms with Crippen LogP contribution in [0.2, 0.25) is 0 Å². The molecule has 6 heteroatoms. The van der Waals surface area contributed by atoms with Gasteiger partial charge in [-0.25, -0.2) is 0 Å². The maximum Gasteiger partial charge on any atom is 0.306 e. The van der Waals surface area contributed by atoms with E-state index in [2.05, 4.69) is 179 Å². The second-order valence-corrected chi connectivity index (χ2v) is 20.6. The third-order valence-electron chi connectivity index (χ3n) is 13.0. The fourth-order valence-corrected chi connectivity index (χ4v) is 8.31. The second-order valence-electron chi connectivity index (χ2n) is 20.6. The van der Waals surface area contributed by atoms with Gasteiger partial charge in [0, 0.05) is 19.3 Å². The molecule has 0 N–H and O–H groups in total. The summed E-state index contributed by atoms with van der Waals surface area (Å²) in [6, 6.07) is 0. The third kappa shape index (κ3) is 63.7. The van der Waals surface area contributed by atoms with Gasteiger partial charge < -0.3 is 14.2 Å². The van der Waals surface area contributed by atoms with Crippen LogP contribution < -0.4 is 0 Å². The molecule has 0 aromatic heterocycles. The predicted octanol–water partition coefficient (Wildman–Crippen LogP) is 22.1. The van der Waals surface area contributed by atoms with Gasteiger partial charge in [0.1, 0.15) is 13.2 Å². The molecule has 0 rings (SSSR count). The molecule has 6 nitrogen and oxygen atoms in total. The molecule has 0 aliphatic heterocycles. The van der Waals surface area contributed by atoms with Gasteiger partial charge in [-0.3, -0.25) is 14.4 Å². The molecule has 0 bridgehead atoms. The Hall–Kier alpha value is -4.97. The van der Waals surface area contributed by atoms with Crippen LogP contribution >= 0.6 is 0 Å². The number of esters is 3. The average Bonchev–Trinajstić information content (AvgIpc) is 3.45. The van der Waals surface area contributed by atoms with Crippen LogP contribution in [0.5, 0.6) is 0 Å². The molecule has 0 saturated heterocycles. The zero-order valence-corrected chi connectivity index (χ0v) is 50.8. The summed E-state index contributed by atoms with van der Waals surface area (Å²) in [6.45, 7) is 6.36. The standard InChI is InChI=1S/C73H116O6/c1-4-7-10-13-16-19-22-24-26-28-30-32-34-35-36-37-39-40-42-44-46-48-51-54-57-60-63-66-72(75)78-69-70(68-77-71(74)65-62-59-56-53-50-21-18-15-12-9-6-3)79-73(76)67-64-61-58-55-52-49-47-45-43-41-38-33-31-29-27-25-23-20-17-14-11-8-5-2/h7-8,10-11,16-17,19-20,24-27,30-33,35-36,39-41,43-44,46-47,49,70H,4-6,9,12-15,18,21-23,28-29,34,37-38,42,45,48,50-69H2,1-3H3/b10-7-,11-8-,19-16-,20-17-,26-24-,27-25-,32-30-,33-31-,36-35-,40-39-,43-41-,46-44-,49-47-. The summed E-state index contributed by atoms with van der Waals surface area (Å²) in [4.78, 5) is 38.3. The van der Waals surface area contributed by atoms with Gasteiger partial charge in [-0.15, -0.1) is 0 Å². The largest absolute Gasteiger partial charge is 0.462 e. The van der Waals surface area contributed by atoms with Crippen LogP contribution in [0.4, 0.5) is 0 Å². The number of allylic oxidation sites excluding steroid dienone is 26. The van der Waals surface area contributed by atoms with Gasteiger partial charge in [0.25, 0.3) is 0 Å². The van der Waals surface area contributed by atoms with Gasteiger partial charge >= 0.3 is 17.9 Å². The minimum Gasteiger partial charge on any atom is -0.462 e. The van der Waals surface area contributed by atoms with Crippen LogP contribution in [0.3, 0.4) is 0 Å². The number of unbranched alkanes of at least 4 members (excludes halogenated alkanes) is 19. The molecule has 1 atom stereocenters. The van der Waals surface area contributed by atoms with Crippen molar-refractivity contribution in [2.75, 3.05) is 13.2 Å². The zero-order valence-electron chi connectivity index (χ0n) is 50.8. The smallest absolute Gasteiger partial charge is 0.306 e. The summed E-state index contributed by atoms with van der Waals surface area (Å²) in [5.74, 6) is -0.948. The maximum absolute atomic E-state index is 12.9. The van der Waals surface area contributed by atoms with Crippen molar-refractivity contribution in [3.8, 4) is 0 Å². The molecule has 0 aliphatic rings. The zero-order chi connectivity index (χ0) is 57.1. The number of carbonyl (C=O) groups excluding carboxylic acids is 3. The number of hydrogen-bond acceptors (Lipinski definition) is 6. The van der Waals surface area contributed by atoms with Crippen LogP contribution in [-0.2, 0) is 28.6 Å². The summed E-state index contributed by atoms with van der Waals surface area (Å²) in [5, 5.41) is 0. The summed E-state index contributed by atoms with van der Waals surface area (Å²) in [6.07, 6.45) is 95.3. The van der Waals surface area contributed by atoms with E-state index in [1.165, 1.54) is 51.4 Å². The minimum absolute atomic E-state index is 0.0995. The number of rotatable bonds is 56. The third-order valence-corrected chi connectivity index (χ3v) is 13.0. The van der Waals surface area contributed by atoms with E-state index in [0.29, 0.717) is 12.8 Å². The predicted molar refractivity (Wildman–Crippen MR) is 343 cm³/mol. The number of hydrogen-bond donors (Lipinski definition) is 0. The highest BCUT2D eigenvalue weighted by molar-refractivity contribution is 5.71. The first-order valence-corrected chi connectivity index (χ1v) is 32.0. The molecule has 0 aromatic rings. The Kier molecular flexibility index (Phi) is 61.4. The van der Waals surface area contributed by atoms with Crippen molar-refractivity contribution in [3.05, 3.63) is 158 Å². The van der Waals surface area contributed by atoms with Gasteiger partial charge in [-0.1, -0.05) is 275 Å². The molecule has 0 saturated carbocycles. The van der Waals surface area contributed by atoms with Crippen molar-refractivity contribution in [3.63, 3.8) is 0 Å². The molecule has 0 fully saturated rings. The summed E-state index contributed by atoms with van der Waals surface area (Å²) in [5.41, 5.74) is 0. The minimum atomic E-state index is -0.807. The highest BCUT2D eigenvalue weighted by atomic mass is 16.6. The lowest BCUT2D eigenvalue weighted by molar-refractivity contribution is -0.167. The van der Waals surface area contributed by atoms with Crippen molar-refractivity contribution in [2.24, 2.45) is 0 Å². The molecule has 0 aliphatic carbocycles. The fraction of sp³-hybridized carbons (Fsp3) is 0.603. The Balaban J connectivity index is 4.42. The van der Waals surface area contributed by atoms with Crippen molar-refractivity contribution in [1.82, 2.24) is 0 Å². The van der Waals surface area contributed by atoms with E-state index in [9.17, 15) is 14.4 Å². The molecule has 0 amide bonds. The Bertz CT molecular complexity index is 1780. The van der Waals surface area contributed by atoms with Gasteiger partial charge in [0.2, 0.25) is 0 Å². The Morgan fingerprint density at radius 1 is 0.266 bits per heavy atom. The number of carbonyl (C=O) groups is 3. The topological polar surface area (TPSA) is 78.9 Å². The van der Waals surface area contributed by atoms with Crippen molar-refractivity contribution in [2.45, 2.75) is 271 Å². The van der Waals surface area contributed by atoms with E-state index < -0.39 is 6.10 Å². The van der Waals surface area contributed by atoms with Gasteiger partial charge in [0.15, 0.2) is 6.10 Å². The lowest BCUT2D eigenvalue weighted by Gasteiger charge is -2.18. The van der Waals surface area contributed by atoms with E-state index >= 15 is 0 Å². The molecule has 0 spiro atoms. The van der Waals surface area contributed by atoms with Gasteiger partial charge in [-0.2, -0.15) is 0 Å². The van der Waals surface area contributed by atoms with Crippen LogP contribution in [0, 0.1) is 0 Å². The molecule has 0 radical (unpaired) electrons. The highest BCUT2D eigenvalue weighted by Crippen LogP contribution is 2.14. The van der Waals surface area contributed by atoms with Crippen LogP contribution in [0.15, 0.2) is 158 Å². The molecular formula is C73H116O6. The van der Waals surface area contributed by atoms with E-state index in [-0.39, 0.29) is 37.5 Å². The van der Waals surface area contributed by atoms with E-state index in [1.54, 1.807) is 0 Å². The summed E-state index contributed by atoms with van der Waals surface area (Å²) >= 11 is 0. The molecule has 444 valence electrons. The molecule has 0 heterocycles. The highest BCUT2D eigenvalue weighted by Gasteiger charge is 2.19. The van der Waals surface area contributed by atoms with E-state index in [4.69, 9.17) is 14.2 Å². The second kappa shape index (κ2) is 65.5. The normalized spacial score (nSPS) is 13.2. The van der Waals surface area contributed by atoms with Crippen molar-refractivity contribution >= 4 is 17.9 Å². The maximum atomic E-state index is 12.9. The van der Waals surface area contributed by atoms with Crippen molar-refractivity contribution < 1.29 is 28.6 Å². The quantitative estimate of drug-likeness (QED) is 0.0261. The van der Waals surface area contributed by atoms with Crippen LogP contribution in [0.1, 0.15) is 265 Å². The SMILES string of the molecule is CC/C=C\C/C=C\C/C=C\C/C=C\C/C=C\C/C=C\C/C=C\CCCCCCCC(=O)OCC(COC(=O)CCCCCCCCCCCCC)OC(=O)CCCCCC/C=C\C/C=C\C/C=C\C/C=C\C/C=C\C/C=C\CC. The lowest BCUT2D eigenvalue weighted by atomic mass is 10.1. The number of ether oxygens (including phenoxy) is 3. The fourth-order valence-electron chi connectivity index (χ4n) is 8.31. The first kappa shape index (κ1) is 74.0. The Morgan fingerprint density at radius 2 is 0.494 bits per heavy atom. The first-order valence-electron chi connectivity index (χ1n) is 32.0. The summed E-state index contributed by atoms with van der Waals surface area (Å²) < 4.78 is 16.9. The van der Waals surface area contributed by atoms with Gasteiger partial charge in [-0.05, 0) is 128 Å². The lowest BCUT2D eigenvalue weighted by Crippen LogP contribution is -2.30. The molecular weight excluding hydrogens is 973 g/mol. The van der Waals surface area contributed by atoms with Crippen LogP contribution in [-0.4, -0.2) is 37.2 Å².